The van der Waals surface area contributed by atoms with E-state index in [1.807, 2.05) is 0 Å². The Morgan fingerprint density at radius 3 is 2.18 bits per heavy atom. The van der Waals surface area contributed by atoms with E-state index >= 15 is 0 Å². The van der Waals surface area contributed by atoms with Gasteiger partial charge in [-0.15, -0.1) is 0 Å². The molecule has 2 N–H and O–H groups in total. The Balaban J connectivity index is 0.00000242. The zero-order valence-electron chi connectivity index (χ0n) is 12.8. The predicted octanol–water partition coefficient (Wildman–Crippen LogP) is -1.39. The zero-order chi connectivity index (χ0) is 15.5. The van der Waals surface area contributed by atoms with E-state index in [0.29, 0.717) is 0 Å². The van der Waals surface area contributed by atoms with Crippen molar-refractivity contribution in [1.29, 1.82) is 0 Å². The fourth-order valence-electron chi connectivity index (χ4n) is 1.87. The van der Waals surface area contributed by atoms with Crippen LogP contribution in [0.3, 0.4) is 0 Å². The van der Waals surface area contributed by atoms with Crippen LogP contribution < -0.4 is 34.3 Å². The summed E-state index contributed by atoms with van der Waals surface area (Å²) < 4.78 is 36.8. The van der Waals surface area contributed by atoms with Gasteiger partial charge in [-0.05, 0) is 24.3 Å². The first kappa shape index (κ1) is 18.8. The molecule has 0 aromatic heterocycles. The summed E-state index contributed by atoms with van der Waals surface area (Å²) in [7, 11) is -4.52. The van der Waals surface area contributed by atoms with Gasteiger partial charge in [-0.2, -0.15) is 8.42 Å². The predicted molar refractivity (Wildman–Crippen MR) is 75.0 cm³/mol. The van der Waals surface area contributed by atoms with Gasteiger partial charge < -0.3 is 11.3 Å². The SMILES string of the molecule is O=C(c1ccccc1OCO)c1ccccc1S(=O)(=O)O.[H-].[Na+]. The van der Waals surface area contributed by atoms with Crippen molar-refractivity contribution in [2.24, 2.45) is 0 Å². The molecule has 0 radical (unpaired) electrons. The molecule has 2 aromatic rings. The van der Waals surface area contributed by atoms with Crippen molar-refractivity contribution in [1.82, 2.24) is 0 Å². The van der Waals surface area contributed by atoms with Crippen molar-refractivity contribution in [3.8, 4) is 5.75 Å². The maximum atomic E-state index is 12.5. The third-order valence-electron chi connectivity index (χ3n) is 2.76. The maximum absolute atomic E-state index is 12.5. The number of carbonyl (C=O) groups is 1. The van der Waals surface area contributed by atoms with Gasteiger partial charge in [-0.25, -0.2) is 0 Å². The summed E-state index contributed by atoms with van der Waals surface area (Å²) in [5.74, 6) is -0.512. The molecule has 0 spiro atoms. The first-order valence-electron chi connectivity index (χ1n) is 5.89. The summed E-state index contributed by atoms with van der Waals surface area (Å²) in [5.41, 5.74) is -0.0864. The van der Waals surface area contributed by atoms with Gasteiger partial charge in [0, 0.05) is 5.56 Å². The summed E-state index contributed by atoms with van der Waals surface area (Å²) in [6, 6.07) is 11.4. The number of hydrogen-bond acceptors (Lipinski definition) is 5. The van der Waals surface area contributed by atoms with Crippen molar-refractivity contribution in [2.75, 3.05) is 6.79 Å². The molecule has 0 aliphatic carbocycles. The molecule has 2 aromatic carbocycles. The fraction of sp³-hybridized carbons (Fsp3) is 0.0714. The minimum Gasteiger partial charge on any atom is -1.00 e. The molecule has 22 heavy (non-hydrogen) atoms. The Hall–Kier alpha value is -1.22. The van der Waals surface area contributed by atoms with E-state index in [4.69, 9.17) is 9.84 Å². The van der Waals surface area contributed by atoms with E-state index in [1.54, 1.807) is 12.1 Å². The third-order valence-corrected chi connectivity index (χ3v) is 3.67. The Labute approximate surface area is 151 Å². The monoisotopic (exact) mass is 332 g/mol. The standard InChI is InChI=1S/C14H12O6S.Na.H/c15-9-20-12-7-3-1-5-10(12)14(16)11-6-2-4-8-13(11)21(17,18)19;;/h1-8,15H,9H2,(H,17,18,19);;/q;+1;-1. The Kier molecular flexibility index (Phi) is 6.73. The first-order valence-corrected chi connectivity index (χ1v) is 7.33. The summed E-state index contributed by atoms with van der Waals surface area (Å²) in [4.78, 5) is 12.0. The second-order valence-electron chi connectivity index (χ2n) is 4.07. The maximum Gasteiger partial charge on any atom is 1.00 e. The number of ketones is 1. The molecule has 2 rings (SSSR count). The Morgan fingerprint density at radius 2 is 1.59 bits per heavy atom. The number of aliphatic hydroxyl groups excluding tert-OH is 1. The topological polar surface area (TPSA) is 101 Å². The average molecular weight is 332 g/mol. The van der Waals surface area contributed by atoms with E-state index in [2.05, 4.69) is 0 Å². The molecule has 0 bridgehead atoms. The summed E-state index contributed by atoms with van der Waals surface area (Å²) in [6.45, 7) is -0.621. The van der Waals surface area contributed by atoms with Crippen LogP contribution in [-0.2, 0) is 10.1 Å². The van der Waals surface area contributed by atoms with Crippen molar-refractivity contribution in [3.05, 3.63) is 59.7 Å². The van der Waals surface area contributed by atoms with E-state index in [9.17, 15) is 17.8 Å². The molecule has 0 fully saturated rings. The van der Waals surface area contributed by atoms with E-state index < -0.39 is 27.6 Å². The molecule has 0 heterocycles. The number of rotatable bonds is 5. The molecule has 6 nitrogen and oxygen atoms in total. The van der Waals surface area contributed by atoms with Crippen molar-refractivity contribution in [3.63, 3.8) is 0 Å². The van der Waals surface area contributed by atoms with Gasteiger partial charge in [-0.1, -0.05) is 24.3 Å². The molecule has 0 aliphatic rings. The number of para-hydroxylation sites is 1. The molecule has 0 atom stereocenters. The van der Waals surface area contributed by atoms with Gasteiger partial charge in [0.15, 0.2) is 12.6 Å². The average Bonchev–Trinajstić information content (AvgIpc) is 2.46. The number of carbonyl (C=O) groups excluding carboxylic acids is 1. The molecule has 0 saturated carbocycles. The fourth-order valence-corrected chi connectivity index (χ4v) is 2.56. The van der Waals surface area contributed by atoms with Gasteiger partial charge >= 0.3 is 29.6 Å². The summed E-state index contributed by atoms with van der Waals surface area (Å²) in [5, 5.41) is 8.81. The normalized spacial score (nSPS) is 10.6. The van der Waals surface area contributed by atoms with Crippen LogP contribution in [-0.4, -0.2) is 30.7 Å². The molecule has 8 heteroatoms. The van der Waals surface area contributed by atoms with E-state index in [-0.39, 0.29) is 47.9 Å². The molecule has 0 unspecified atom stereocenters. The Bertz CT molecular complexity index is 778. The molecular weight excluding hydrogens is 319 g/mol. The number of aliphatic hydroxyl groups is 1. The number of benzene rings is 2. The van der Waals surface area contributed by atoms with Crippen LogP contribution in [0, 0.1) is 0 Å². The second-order valence-corrected chi connectivity index (χ2v) is 5.46. The van der Waals surface area contributed by atoms with Gasteiger partial charge in [0.25, 0.3) is 10.1 Å². The van der Waals surface area contributed by atoms with Gasteiger partial charge in [0.05, 0.1) is 5.56 Å². The molecule has 112 valence electrons. The van der Waals surface area contributed by atoms with Crippen molar-refractivity contribution < 1.29 is 58.6 Å². The molecule has 0 saturated heterocycles. The largest absolute Gasteiger partial charge is 1.00 e. The number of hydrogen-bond donors (Lipinski definition) is 2. The smallest absolute Gasteiger partial charge is 1.00 e. The molecule has 0 amide bonds. The van der Waals surface area contributed by atoms with Gasteiger partial charge in [-0.3, -0.25) is 9.35 Å². The minimum absolute atomic E-state index is 0. The van der Waals surface area contributed by atoms with Crippen molar-refractivity contribution >= 4 is 15.9 Å². The van der Waals surface area contributed by atoms with E-state index in [0.717, 1.165) is 6.07 Å². The quantitative estimate of drug-likeness (QED) is 0.303. The zero-order valence-corrected chi connectivity index (χ0v) is 14.6. The summed E-state index contributed by atoms with van der Waals surface area (Å²) >= 11 is 0. The third kappa shape index (κ3) is 4.16. The molecule has 0 aliphatic heterocycles. The van der Waals surface area contributed by atoms with Gasteiger partial charge in [0.2, 0.25) is 0 Å². The second kappa shape index (κ2) is 7.87. The Morgan fingerprint density at radius 1 is 1.05 bits per heavy atom. The van der Waals surface area contributed by atoms with E-state index in [1.165, 1.54) is 30.3 Å². The first-order chi connectivity index (χ1) is 9.95. The van der Waals surface area contributed by atoms with Crippen molar-refractivity contribution in [2.45, 2.75) is 4.90 Å². The number of ether oxygens (including phenoxy) is 1. The van der Waals surface area contributed by atoms with Crippen LogP contribution in [0.4, 0.5) is 0 Å². The van der Waals surface area contributed by atoms with Crippen LogP contribution in [0.2, 0.25) is 0 Å². The molecular formula is C14H13NaO6S. The van der Waals surface area contributed by atoms with Gasteiger partial charge in [0.1, 0.15) is 10.6 Å². The summed E-state index contributed by atoms with van der Waals surface area (Å²) in [6.07, 6.45) is 0. The van der Waals surface area contributed by atoms with Crippen LogP contribution in [0.25, 0.3) is 0 Å². The van der Waals surface area contributed by atoms with Crippen LogP contribution in [0.15, 0.2) is 53.4 Å². The van der Waals surface area contributed by atoms with Crippen LogP contribution >= 0.6 is 0 Å². The minimum atomic E-state index is -4.52. The van der Waals surface area contributed by atoms with Crippen LogP contribution in [0.1, 0.15) is 17.3 Å². The van der Waals surface area contributed by atoms with Crippen LogP contribution in [0.5, 0.6) is 5.75 Å².